The number of benzene rings is 2. The summed E-state index contributed by atoms with van der Waals surface area (Å²) in [5.41, 5.74) is 3.73. The molecule has 5 rings (SSSR count). The molecule has 1 saturated heterocycles. The van der Waals surface area contributed by atoms with Crippen molar-refractivity contribution in [1.29, 1.82) is 0 Å². The maximum Gasteiger partial charge on any atom is 0.410 e. The molecule has 0 saturated carbocycles. The molecular formula is C28H27FN4O4S. The van der Waals surface area contributed by atoms with Gasteiger partial charge in [-0.2, -0.15) is 5.10 Å². The highest BCUT2D eigenvalue weighted by atomic mass is 32.1. The lowest BCUT2D eigenvalue weighted by molar-refractivity contribution is 0.0520. The van der Waals surface area contributed by atoms with Crippen molar-refractivity contribution in [1.82, 2.24) is 20.1 Å². The predicted molar refractivity (Wildman–Crippen MR) is 141 cm³/mol. The van der Waals surface area contributed by atoms with Crippen LogP contribution >= 0.6 is 11.3 Å². The molecule has 0 bridgehead atoms. The zero-order valence-electron chi connectivity index (χ0n) is 20.9. The summed E-state index contributed by atoms with van der Waals surface area (Å²) in [6, 6.07) is 15.2. The number of H-pyrrole nitrogens is 1. The maximum atomic E-state index is 13.7. The van der Waals surface area contributed by atoms with Crippen LogP contribution < -0.4 is 0 Å². The van der Waals surface area contributed by atoms with Crippen molar-refractivity contribution in [2.75, 3.05) is 13.2 Å². The van der Waals surface area contributed by atoms with E-state index in [4.69, 9.17) is 9.47 Å². The van der Waals surface area contributed by atoms with Crippen molar-refractivity contribution >= 4 is 23.4 Å². The molecular weight excluding hydrogens is 507 g/mol. The number of piperidine rings is 1. The van der Waals surface area contributed by atoms with Crippen molar-refractivity contribution in [3.05, 3.63) is 82.7 Å². The molecule has 1 fully saturated rings. The first kappa shape index (κ1) is 25.6. The second-order valence-corrected chi connectivity index (χ2v) is 9.73. The normalized spacial score (nSPS) is 15.3. The number of nitrogens with one attached hydrogen (secondary N) is 1. The van der Waals surface area contributed by atoms with Crippen LogP contribution in [0.5, 0.6) is 0 Å². The number of likely N-dealkylation sites (tertiary alicyclic amines) is 1. The minimum Gasteiger partial charge on any atom is -0.461 e. The number of amides is 1. The van der Waals surface area contributed by atoms with Gasteiger partial charge in [-0.05, 0) is 56.0 Å². The summed E-state index contributed by atoms with van der Waals surface area (Å²) in [7, 11) is 0. The molecule has 0 spiro atoms. The second kappa shape index (κ2) is 11.6. The largest absolute Gasteiger partial charge is 0.461 e. The molecule has 4 aromatic rings. The molecule has 1 N–H and O–H groups in total. The van der Waals surface area contributed by atoms with E-state index in [0.29, 0.717) is 40.5 Å². The van der Waals surface area contributed by atoms with Crippen molar-refractivity contribution in [3.8, 4) is 21.8 Å². The van der Waals surface area contributed by atoms with E-state index in [1.807, 2.05) is 30.3 Å². The van der Waals surface area contributed by atoms with Crippen LogP contribution in [0.15, 0.2) is 60.0 Å². The van der Waals surface area contributed by atoms with Gasteiger partial charge < -0.3 is 9.47 Å². The standard InChI is InChI=1S/C28H27FN4O4S/c1-2-36-27(34)21-17-38-26(30-21)23-24(19-11-13-20(29)14-12-19)31-32-25(23)22-10-6-7-15-33(22)28(35)37-16-18-8-4-3-5-9-18/h3-5,8-9,11-14,17,22H,2,6-7,10,15-16H2,1H3,(H,31,32). The Kier molecular flexibility index (Phi) is 7.78. The molecule has 8 nitrogen and oxygen atoms in total. The molecule has 0 aliphatic carbocycles. The topological polar surface area (TPSA) is 97.4 Å². The number of halogens is 1. The van der Waals surface area contributed by atoms with Gasteiger partial charge in [-0.3, -0.25) is 10.00 Å². The van der Waals surface area contributed by atoms with Gasteiger partial charge in [0.05, 0.1) is 23.9 Å². The van der Waals surface area contributed by atoms with E-state index in [0.717, 1.165) is 18.4 Å². The van der Waals surface area contributed by atoms with Gasteiger partial charge in [0.1, 0.15) is 23.1 Å². The average molecular weight is 535 g/mol. The third kappa shape index (κ3) is 5.45. The number of rotatable bonds is 7. The molecule has 1 aliphatic rings. The Labute approximate surface area is 223 Å². The minimum absolute atomic E-state index is 0.176. The lowest BCUT2D eigenvalue weighted by Crippen LogP contribution is -2.39. The molecule has 0 radical (unpaired) electrons. The Hall–Kier alpha value is -4.05. The van der Waals surface area contributed by atoms with Gasteiger partial charge in [0, 0.05) is 17.5 Å². The monoisotopic (exact) mass is 534 g/mol. The Morgan fingerprint density at radius 3 is 2.66 bits per heavy atom. The van der Waals surface area contributed by atoms with Gasteiger partial charge in [0.25, 0.3) is 0 Å². The summed E-state index contributed by atoms with van der Waals surface area (Å²) in [4.78, 5) is 31.8. The fraction of sp³-hybridized carbons (Fsp3) is 0.286. The molecule has 3 heterocycles. The van der Waals surface area contributed by atoms with Crippen LogP contribution in [0.3, 0.4) is 0 Å². The van der Waals surface area contributed by atoms with Crippen molar-refractivity contribution in [3.63, 3.8) is 0 Å². The van der Waals surface area contributed by atoms with Crippen LogP contribution in [0.4, 0.5) is 9.18 Å². The first-order chi connectivity index (χ1) is 18.5. The van der Waals surface area contributed by atoms with E-state index in [-0.39, 0.29) is 30.8 Å². The highest BCUT2D eigenvalue weighted by molar-refractivity contribution is 7.13. The SMILES string of the molecule is CCOC(=O)c1csc(-c2c(-c3ccc(F)cc3)n[nH]c2C2CCCCN2C(=O)OCc2ccccc2)n1. The van der Waals surface area contributed by atoms with Crippen LogP contribution in [0.2, 0.25) is 0 Å². The number of carbonyl (C=O) groups is 2. The lowest BCUT2D eigenvalue weighted by Gasteiger charge is -2.34. The average Bonchev–Trinajstić information content (AvgIpc) is 3.61. The molecule has 2 aromatic heterocycles. The molecule has 1 aliphatic heterocycles. The maximum absolute atomic E-state index is 13.7. The summed E-state index contributed by atoms with van der Waals surface area (Å²) in [6.07, 6.45) is 2.07. The van der Waals surface area contributed by atoms with Gasteiger partial charge >= 0.3 is 12.1 Å². The number of aromatic nitrogens is 3. The van der Waals surface area contributed by atoms with Crippen molar-refractivity contribution in [2.45, 2.75) is 38.8 Å². The number of ether oxygens (including phenoxy) is 2. The lowest BCUT2D eigenvalue weighted by atomic mass is 9.95. The smallest absolute Gasteiger partial charge is 0.410 e. The zero-order valence-corrected chi connectivity index (χ0v) is 21.7. The summed E-state index contributed by atoms with van der Waals surface area (Å²) in [6.45, 7) is 2.69. The van der Waals surface area contributed by atoms with Crippen LogP contribution in [-0.2, 0) is 16.1 Å². The van der Waals surface area contributed by atoms with E-state index in [1.165, 1.54) is 23.5 Å². The van der Waals surface area contributed by atoms with E-state index in [9.17, 15) is 14.0 Å². The van der Waals surface area contributed by atoms with Crippen LogP contribution in [0, 0.1) is 5.82 Å². The number of hydrogen-bond donors (Lipinski definition) is 1. The first-order valence-corrected chi connectivity index (χ1v) is 13.4. The highest BCUT2D eigenvalue weighted by Crippen LogP contribution is 2.42. The number of nitrogens with zero attached hydrogens (tertiary/aromatic N) is 3. The molecule has 1 atom stereocenters. The van der Waals surface area contributed by atoms with Crippen molar-refractivity contribution < 1.29 is 23.5 Å². The minimum atomic E-state index is -0.507. The number of aromatic amines is 1. The van der Waals surface area contributed by atoms with E-state index < -0.39 is 12.1 Å². The Balaban J connectivity index is 1.51. The summed E-state index contributed by atoms with van der Waals surface area (Å²) < 4.78 is 24.5. The first-order valence-electron chi connectivity index (χ1n) is 12.5. The van der Waals surface area contributed by atoms with Crippen LogP contribution in [0.1, 0.15) is 54.0 Å². The summed E-state index contributed by atoms with van der Waals surface area (Å²) in [5, 5.41) is 9.90. The summed E-state index contributed by atoms with van der Waals surface area (Å²) >= 11 is 1.29. The Bertz CT molecular complexity index is 1400. The molecule has 10 heteroatoms. The fourth-order valence-electron chi connectivity index (χ4n) is 4.57. The zero-order chi connectivity index (χ0) is 26.5. The van der Waals surface area contributed by atoms with Crippen molar-refractivity contribution in [2.24, 2.45) is 0 Å². The van der Waals surface area contributed by atoms with Gasteiger partial charge in [-0.15, -0.1) is 11.3 Å². The Morgan fingerprint density at radius 2 is 1.89 bits per heavy atom. The van der Waals surface area contributed by atoms with E-state index in [1.54, 1.807) is 29.3 Å². The van der Waals surface area contributed by atoms with Gasteiger partial charge in [-0.25, -0.2) is 19.0 Å². The molecule has 2 aromatic carbocycles. The summed E-state index contributed by atoms with van der Waals surface area (Å²) in [5.74, 6) is -0.864. The van der Waals surface area contributed by atoms with Gasteiger partial charge in [0.2, 0.25) is 0 Å². The molecule has 1 unspecified atom stereocenters. The van der Waals surface area contributed by atoms with E-state index >= 15 is 0 Å². The highest BCUT2D eigenvalue weighted by Gasteiger charge is 2.34. The van der Waals surface area contributed by atoms with Crippen LogP contribution in [-0.4, -0.2) is 45.3 Å². The number of thiazole rings is 1. The van der Waals surface area contributed by atoms with E-state index in [2.05, 4.69) is 15.2 Å². The number of hydrogen-bond acceptors (Lipinski definition) is 7. The molecule has 1 amide bonds. The predicted octanol–water partition coefficient (Wildman–Crippen LogP) is 6.38. The second-order valence-electron chi connectivity index (χ2n) is 8.87. The van der Waals surface area contributed by atoms with Gasteiger partial charge in [0.15, 0.2) is 5.69 Å². The third-order valence-electron chi connectivity index (χ3n) is 6.39. The number of carbonyl (C=O) groups excluding carboxylic acids is 2. The molecule has 38 heavy (non-hydrogen) atoms. The fourth-order valence-corrected chi connectivity index (χ4v) is 5.42. The molecule has 196 valence electrons. The van der Waals surface area contributed by atoms with Crippen LogP contribution in [0.25, 0.3) is 21.8 Å². The quantitative estimate of drug-likeness (QED) is 0.276. The van der Waals surface area contributed by atoms with Gasteiger partial charge in [-0.1, -0.05) is 30.3 Å². The number of esters is 1. The third-order valence-corrected chi connectivity index (χ3v) is 7.25. The Morgan fingerprint density at radius 1 is 1.11 bits per heavy atom.